The zero-order valence-electron chi connectivity index (χ0n) is 7.05. The zero-order valence-corrected chi connectivity index (χ0v) is 8.64. The van der Waals surface area contributed by atoms with Gasteiger partial charge in [-0.25, -0.2) is 19.9 Å². The molecule has 0 aliphatic heterocycles. The van der Waals surface area contributed by atoms with Gasteiger partial charge in [-0.2, -0.15) is 0 Å². The van der Waals surface area contributed by atoms with Crippen molar-refractivity contribution in [1.29, 1.82) is 0 Å². The van der Waals surface area contributed by atoms with E-state index in [0.29, 0.717) is 16.1 Å². The number of nitrogen functional groups attached to an aromatic ring is 1. The van der Waals surface area contributed by atoms with Crippen LogP contribution in [0.4, 0.5) is 5.82 Å². The maximum atomic E-state index is 5.62. The summed E-state index contributed by atoms with van der Waals surface area (Å²) >= 11 is 3.22. The van der Waals surface area contributed by atoms with Gasteiger partial charge >= 0.3 is 0 Å². The highest BCUT2D eigenvalue weighted by Crippen LogP contribution is 2.19. The highest BCUT2D eigenvalue weighted by molar-refractivity contribution is 9.10. The quantitative estimate of drug-likeness (QED) is 0.827. The first-order chi connectivity index (χ1) is 6.77. The first kappa shape index (κ1) is 9.01. The summed E-state index contributed by atoms with van der Waals surface area (Å²) in [6.45, 7) is 0. The molecule has 2 aromatic rings. The minimum absolute atomic E-state index is 0.402. The molecule has 2 N–H and O–H groups in total. The fraction of sp³-hybridized carbons (Fsp3) is 0. The topological polar surface area (TPSA) is 77.6 Å². The number of nitrogens with zero attached hydrogens (tertiary/aromatic N) is 4. The van der Waals surface area contributed by atoms with Gasteiger partial charge in [0.25, 0.3) is 0 Å². The Morgan fingerprint density at radius 2 is 1.86 bits per heavy atom. The van der Waals surface area contributed by atoms with Gasteiger partial charge < -0.3 is 5.73 Å². The highest BCUT2D eigenvalue weighted by atomic mass is 79.9. The summed E-state index contributed by atoms with van der Waals surface area (Å²) in [4.78, 5) is 15.9. The number of nitrogens with two attached hydrogens (primary N) is 1. The van der Waals surface area contributed by atoms with E-state index in [-0.39, 0.29) is 0 Å². The second-order valence-corrected chi connectivity index (χ2v) is 3.41. The van der Waals surface area contributed by atoms with Crippen molar-refractivity contribution in [2.24, 2.45) is 0 Å². The van der Waals surface area contributed by atoms with Gasteiger partial charge in [0.05, 0.1) is 10.0 Å². The molecule has 0 unspecified atom stereocenters. The van der Waals surface area contributed by atoms with Crippen molar-refractivity contribution in [3.05, 3.63) is 29.4 Å². The average Bonchev–Trinajstić information content (AvgIpc) is 2.23. The smallest absolute Gasteiger partial charge is 0.164 e. The summed E-state index contributed by atoms with van der Waals surface area (Å²) in [5, 5.41) is 0. The molecular weight excluding hydrogens is 246 g/mol. The third-order valence-electron chi connectivity index (χ3n) is 1.59. The number of aromatic nitrogens is 4. The monoisotopic (exact) mass is 251 g/mol. The van der Waals surface area contributed by atoms with Crippen LogP contribution in [0.1, 0.15) is 0 Å². The van der Waals surface area contributed by atoms with Gasteiger partial charge in [-0.1, -0.05) is 0 Å². The second kappa shape index (κ2) is 3.67. The van der Waals surface area contributed by atoms with Crippen LogP contribution >= 0.6 is 15.9 Å². The molecule has 0 aromatic carbocycles. The van der Waals surface area contributed by atoms with Crippen molar-refractivity contribution in [3.63, 3.8) is 0 Å². The fourth-order valence-corrected chi connectivity index (χ4v) is 1.12. The van der Waals surface area contributed by atoms with Gasteiger partial charge in [0.2, 0.25) is 0 Å². The van der Waals surface area contributed by atoms with Crippen molar-refractivity contribution in [1.82, 2.24) is 19.9 Å². The molecule has 0 atom stereocenters. The number of halogens is 1. The molecule has 14 heavy (non-hydrogen) atoms. The third kappa shape index (κ3) is 1.69. The Bertz CT molecular complexity index is 445. The summed E-state index contributed by atoms with van der Waals surface area (Å²) in [6, 6.07) is 0. The molecule has 2 rings (SSSR count). The van der Waals surface area contributed by atoms with E-state index in [1.165, 1.54) is 6.33 Å². The van der Waals surface area contributed by atoms with E-state index in [4.69, 9.17) is 5.73 Å². The standard InChI is InChI=1S/C8H6BrN5/c9-6-3-13-8(14-7(6)10)5-1-11-4-12-2-5/h1-4H,(H2,10,13,14). The molecule has 0 spiro atoms. The van der Waals surface area contributed by atoms with Crippen molar-refractivity contribution < 1.29 is 0 Å². The van der Waals surface area contributed by atoms with Crippen molar-refractivity contribution >= 4 is 21.7 Å². The number of anilines is 1. The Morgan fingerprint density at radius 3 is 2.50 bits per heavy atom. The molecule has 2 aromatic heterocycles. The lowest BCUT2D eigenvalue weighted by Crippen LogP contribution is -1.96. The molecule has 0 fully saturated rings. The predicted molar refractivity (Wildman–Crippen MR) is 55.2 cm³/mol. The van der Waals surface area contributed by atoms with Gasteiger partial charge in [0.1, 0.15) is 12.1 Å². The predicted octanol–water partition coefficient (Wildman–Crippen LogP) is 1.28. The molecule has 0 saturated heterocycles. The first-order valence-corrected chi connectivity index (χ1v) is 4.60. The molecule has 6 heteroatoms. The lowest BCUT2D eigenvalue weighted by molar-refractivity contribution is 1.12. The van der Waals surface area contributed by atoms with Crippen LogP contribution in [0, 0.1) is 0 Å². The van der Waals surface area contributed by atoms with E-state index in [1.807, 2.05) is 0 Å². The minimum Gasteiger partial charge on any atom is -0.383 e. The summed E-state index contributed by atoms with van der Waals surface area (Å²) in [5.41, 5.74) is 6.36. The van der Waals surface area contributed by atoms with Crippen LogP contribution in [0.3, 0.4) is 0 Å². The fourth-order valence-electron chi connectivity index (χ4n) is 0.934. The van der Waals surface area contributed by atoms with Gasteiger partial charge in [0, 0.05) is 18.6 Å². The number of hydrogen-bond donors (Lipinski definition) is 1. The molecule has 0 aliphatic carbocycles. The Kier molecular flexibility index (Phi) is 2.36. The van der Waals surface area contributed by atoms with Crippen molar-refractivity contribution in [3.8, 4) is 11.4 Å². The molecule has 0 bridgehead atoms. The van der Waals surface area contributed by atoms with Crippen LogP contribution in [0.25, 0.3) is 11.4 Å². The normalized spacial score (nSPS) is 10.1. The first-order valence-electron chi connectivity index (χ1n) is 3.81. The number of rotatable bonds is 1. The van der Waals surface area contributed by atoms with Crippen LogP contribution in [-0.2, 0) is 0 Å². The molecular formula is C8H6BrN5. The van der Waals surface area contributed by atoms with Gasteiger partial charge in [-0.15, -0.1) is 0 Å². The zero-order chi connectivity index (χ0) is 9.97. The molecule has 0 amide bonds. The molecule has 5 nitrogen and oxygen atoms in total. The Morgan fingerprint density at radius 1 is 1.14 bits per heavy atom. The molecule has 0 radical (unpaired) electrons. The Balaban J connectivity index is 2.48. The van der Waals surface area contributed by atoms with Crippen LogP contribution in [0.5, 0.6) is 0 Å². The van der Waals surface area contributed by atoms with Crippen LogP contribution in [0.2, 0.25) is 0 Å². The van der Waals surface area contributed by atoms with E-state index >= 15 is 0 Å². The van der Waals surface area contributed by atoms with E-state index in [1.54, 1.807) is 18.6 Å². The van der Waals surface area contributed by atoms with E-state index < -0.39 is 0 Å². The third-order valence-corrected chi connectivity index (χ3v) is 2.20. The van der Waals surface area contributed by atoms with Crippen LogP contribution in [0.15, 0.2) is 29.4 Å². The lowest BCUT2D eigenvalue weighted by atomic mass is 10.3. The van der Waals surface area contributed by atoms with Gasteiger partial charge in [-0.05, 0) is 15.9 Å². The van der Waals surface area contributed by atoms with E-state index in [2.05, 4.69) is 35.9 Å². The molecule has 2 heterocycles. The molecule has 0 saturated carbocycles. The van der Waals surface area contributed by atoms with Gasteiger partial charge in [0.15, 0.2) is 5.82 Å². The van der Waals surface area contributed by atoms with Gasteiger partial charge in [-0.3, -0.25) is 0 Å². The van der Waals surface area contributed by atoms with E-state index in [0.717, 1.165) is 5.56 Å². The maximum Gasteiger partial charge on any atom is 0.164 e. The summed E-state index contributed by atoms with van der Waals surface area (Å²) in [5.74, 6) is 0.921. The summed E-state index contributed by atoms with van der Waals surface area (Å²) < 4.78 is 0.679. The maximum absolute atomic E-state index is 5.62. The van der Waals surface area contributed by atoms with Crippen LogP contribution in [-0.4, -0.2) is 19.9 Å². The minimum atomic E-state index is 0.402. The van der Waals surface area contributed by atoms with E-state index in [9.17, 15) is 0 Å². The van der Waals surface area contributed by atoms with Crippen molar-refractivity contribution in [2.75, 3.05) is 5.73 Å². The molecule has 0 aliphatic rings. The number of hydrogen-bond acceptors (Lipinski definition) is 5. The Labute approximate surface area is 88.6 Å². The second-order valence-electron chi connectivity index (χ2n) is 2.55. The summed E-state index contributed by atoms with van der Waals surface area (Å²) in [6.07, 6.45) is 6.32. The average molecular weight is 252 g/mol. The largest absolute Gasteiger partial charge is 0.383 e. The van der Waals surface area contributed by atoms with Crippen LogP contribution < -0.4 is 5.73 Å². The Hall–Kier alpha value is -1.56. The lowest BCUT2D eigenvalue weighted by Gasteiger charge is -2.00. The summed E-state index contributed by atoms with van der Waals surface area (Å²) in [7, 11) is 0. The molecule has 70 valence electrons. The SMILES string of the molecule is Nc1nc(-c2cncnc2)ncc1Br. The van der Waals surface area contributed by atoms with Crippen molar-refractivity contribution in [2.45, 2.75) is 0 Å². The highest BCUT2D eigenvalue weighted by Gasteiger charge is 2.03.